The van der Waals surface area contributed by atoms with E-state index < -0.39 is 0 Å². The first kappa shape index (κ1) is 19.0. The predicted molar refractivity (Wildman–Crippen MR) is 104 cm³/mol. The molecule has 0 radical (unpaired) electrons. The monoisotopic (exact) mass is 370 g/mol. The Hall–Kier alpha value is -2.74. The summed E-state index contributed by atoms with van der Waals surface area (Å²) in [6.45, 7) is 6.06. The highest BCUT2D eigenvalue weighted by atomic mass is 16.5. The van der Waals surface area contributed by atoms with Crippen molar-refractivity contribution < 1.29 is 9.53 Å². The Kier molecular flexibility index (Phi) is 6.54. The molecular formula is C19H26N6O2. The summed E-state index contributed by atoms with van der Waals surface area (Å²) in [4.78, 5) is 30.1. The molecule has 1 aliphatic heterocycles. The van der Waals surface area contributed by atoms with Gasteiger partial charge in [-0.1, -0.05) is 6.07 Å². The highest BCUT2D eigenvalue weighted by Gasteiger charge is 2.24. The van der Waals surface area contributed by atoms with Gasteiger partial charge in [-0.25, -0.2) is 15.0 Å². The molecule has 0 atom stereocenters. The molecule has 0 aromatic carbocycles. The maximum absolute atomic E-state index is 12.9. The van der Waals surface area contributed by atoms with Gasteiger partial charge in [0.2, 0.25) is 5.95 Å². The topological polar surface area (TPSA) is 83.5 Å². The molecule has 1 aliphatic rings. The number of aromatic nitrogens is 3. The van der Waals surface area contributed by atoms with Gasteiger partial charge in [0, 0.05) is 58.3 Å². The Bertz CT molecular complexity index is 747. The van der Waals surface area contributed by atoms with E-state index in [9.17, 15) is 4.79 Å². The number of hydrogen-bond donors (Lipinski definition) is 1. The Balaban J connectivity index is 1.60. The third kappa shape index (κ3) is 5.13. The lowest BCUT2D eigenvalue weighted by atomic mass is 10.2. The molecule has 8 nitrogen and oxygen atoms in total. The van der Waals surface area contributed by atoms with Gasteiger partial charge in [-0.15, -0.1) is 0 Å². The van der Waals surface area contributed by atoms with E-state index in [1.165, 1.54) is 0 Å². The molecular weight excluding hydrogens is 344 g/mol. The van der Waals surface area contributed by atoms with E-state index in [1.807, 2.05) is 30.0 Å². The van der Waals surface area contributed by atoms with Crippen molar-refractivity contribution in [1.29, 1.82) is 0 Å². The number of pyridine rings is 1. The number of nitrogens with one attached hydrogen (secondary N) is 1. The maximum atomic E-state index is 12.9. The van der Waals surface area contributed by atoms with Crippen molar-refractivity contribution in [2.45, 2.75) is 13.3 Å². The summed E-state index contributed by atoms with van der Waals surface area (Å²) in [6, 6.07) is 7.62. The zero-order valence-electron chi connectivity index (χ0n) is 15.9. The fourth-order valence-corrected chi connectivity index (χ4v) is 3.02. The number of carbonyl (C=O) groups is 1. The van der Waals surface area contributed by atoms with Crippen LogP contribution in [0.3, 0.4) is 0 Å². The van der Waals surface area contributed by atoms with Crippen LogP contribution in [0.2, 0.25) is 0 Å². The minimum Gasteiger partial charge on any atom is -0.385 e. The van der Waals surface area contributed by atoms with Crippen molar-refractivity contribution in [3.63, 3.8) is 0 Å². The van der Waals surface area contributed by atoms with Crippen molar-refractivity contribution in [3.8, 4) is 0 Å². The first-order valence-corrected chi connectivity index (χ1v) is 9.21. The van der Waals surface area contributed by atoms with E-state index in [-0.39, 0.29) is 5.91 Å². The Morgan fingerprint density at radius 2 is 2.04 bits per heavy atom. The average Bonchev–Trinajstić information content (AvgIpc) is 2.71. The van der Waals surface area contributed by atoms with Crippen LogP contribution in [0, 0.1) is 6.92 Å². The number of ether oxygens (including phenoxy) is 1. The third-order valence-corrected chi connectivity index (χ3v) is 4.42. The van der Waals surface area contributed by atoms with Crippen LogP contribution < -0.4 is 10.2 Å². The average molecular weight is 370 g/mol. The maximum Gasteiger partial charge on any atom is 0.272 e. The van der Waals surface area contributed by atoms with Gasteiger partial charge < -0.3 is 19.9 Å². The summed E-state index contributed by atoms with van der Waals surface area (Å²) < 4.78 is 5.04. The molecule has 27 heavy (non-hydrogen) atoms. The second-order valence-electron chi connectivity index (χ2n) is 6.46. The molecule has 0 unspecified atom stereocenters. The molecule has 3 heterocycles. The summed E-state index contributed by atoms with van der Waals surface area (Å²) in [6.07, 6.45) is 2.64. The van der Waals surface area contributed by atoms with E-state index in [0.29, 0.717) is 37.9 Å². The van der Waals surface area contributed by atoms with Gasteiger partial charge in [0.05, 0.1) is 0 Å². The lowest BCUT2D eigenvalue weighted by Gasteiger charge is -2.35. The number of anilines is 2. The Labute approximate surface area is 159 Å². The zero-order chi connectivity index (χ0) is 19.1. The van der Waals surface area contributed by atoms with Crippen molar-refractivity contribution >= 4 is 17.7 Å². The van der Waals surface area contributed by atoms with Crippen molar-refractivity contribution in [2.24, 2.45) is 0 Å². The quantitative estimate of drug-likeness (QED) is 0.741. The molecule has 1 amide bonds. The van der Waals surface area contributed by atoms with Crippen LogP contribution in [0.25, 0.3) is 0 Å². The van der Waals surface area contributed by atoms with Gasteiger partial charge in [0.25, 0.3) is 5.91 Å². The van der Waals surface area contributed by atoms with Crippen LogP contribution >= 0.6 is 0 Å². The van der Waals surface area contributed by atoms with E-state index in [4.69, 9.17) is 4.74 Å². The zero-order valence-corrected chi connectivity index (χ0v) is 15.9. The lowest BCUT2D eigenvalue weighted by molar-refractivity contribution is 0.0740. The number of amides is 1. The minimum atomic E-state index is -0.0545. The van der Waals surface area contributed by atoms with Crippen LogP contribution in [0.5, 0.6) is 0 Å². The summed E-state index contributed by atoms with van der Waals surface area (Å²) >= 11 is 0. The van der Waals surface area contributed by atoms with Gasteiger partial charge >= 0.3 is 0 Å². The van der Waals surface area contributed by atoms with Gasteiger partial charge in [0.1, 0.15) is 11.5 Å². The van der Waals surface area contributed by atoms with Crippen molar-refractivity contribution in [1.82, 2.24) is 19.9 Å². The lowest BCUT2D eigenvalue weighted by Crippen LogP contribution is -2.49. The SMILES string of the molecule is COCCCNc1nc(C)cc(C(=O)N2CCN(c3ccccn3)CC2)n1. The van der Waals surface area contributed by atoms with Crippen LogP contribution in [-0.4, -0.2) is 72.2 Å². The second-order valence-corrected chi connectivity index (χ2v) is 6.46. The fourth-order valence-electron chi connectivity index (χ4n) is 3.02. The molecule has 0 spiro atoms. The van der Waals surface area contributed by atoms with Crippen molar-refractivity contribution in [2.75, 3.05) is 56.7 Å². The van der Waals surface area contributed by atoms with E-state index in [0.717, 1.165) is 31.0 Å². The molecule has 3 rings (SSSR count). The number of piperazine rings is 1. The second kappa shape index (κ2) is 9.27. The van der Waals surface area contributed by atoms with Crippen molar-refractivity contribution in [3.05, 3.63) is 41.9 Å². The summed E-state index contributed by atoms with van der Waals surface area (Å²) in [5, 5.41) is 3.16. The minimum absolute atomic E-state index is 0.0545. The van der Waals surface area contributed by atoms with Crippen LogP contribution in [-0.2, 0) is 4.74 Å². The molecule has 2 aromatic heterocycles. The molecule has 144 valence electrons. The standard InChI is InChI=1S/C19H26N6O2/c1-15-14-16(23-19(22-15)21-8-5-13-27-2)18(26)25-11-9-24(10-12-25)17-6-3-4-7-20-17/h3-4,6-7,14H,5,8-13H2,1-2H3,(H,21,22,23). The summed E-state index contributed by atoms with van der Waals surface area (Å²) in [5.41, 5.74) is 1.21. The smallest absolute Gasteiger partial charge is 0.272 e. The van der Waals surface area contributed by atoms with Gasteiger partial charge in [-0.3, -0.25) is 4.79 Å². The normalized spacial score (nSPS) is 14.3. The number of nitrogens with zero attached hydrogens (tertiary/aromatic N) is 5. The predicted octanol–water partition coefficient (Wildman–Crippen LogP) is 1.59. The van der Waals surface area contributed by atoms with Crippen LogP contribution in [0.4, 0.5) is 11.8 Å². The number of rotatable bonds is 7. The molecule has 0 saturated carbocycles. The Morgan fingerprint density at radius 3 is 2.74 bits per heavy atom. The number of methoxy groups -OCH3 is 1. The molecule has 0 bridgehead atoms. The fraction of sp³-hybridized carbons (Fsp3) is 0.474. The highest BCUT2D eigenvalue weighted by molar-refractivity contribution is 5.92. The molecule has 1 fully saturated rings. The number of hydrogen-bond acceptors (Lipinski definition) is 7. The van der Waals surface area contributed by atoms with Gasteiger partial charge in [-0.2, -0.15) is 0 Å². The van der Waals surface area contributed by atoms with Gasteiger partial charge in [-0.05, 0) is 31.5 Å². The first-order chi connectivity index (χ1) is 13.2. The third-order valence-electron chi connectivity index (χ3n) is 4.42. The molecule has 2 aromatic rings. The van der Waals surface area contributed by atoms with Gasteiger partial charge in [0.15, 0.2) is 0 Å². The molecule has 8 heteroatoms. The summed E-state index contributed by atoms with van der Waals surface area (Å²) in [5.74, 6) is 1.38. The highest BCUT2D eigenvalue weighted by Crippen LogP contribution is 2.15. The number of carbonyl (C=O) groups excluding carboxylic acids is 1. The number of aryl methyl sites for hydroxylation is 1. The first-order valence-electron chi connectivity index (χ1n) is 9.21. The van der Waals surface area contributed by atoms with Crippen LogP contribution in [0.1, 0.15) is 22.6 Å². The Morgan fingerprint density at radius 1 is 1.22 bits per heavy atom. The summed E-state index contributed by atoms with van der Waals surface area (Å²) in [7, 11) is 1.67. The van der Waals surface area contributed by atoms with E-state index in [1.54, 1.807) is 19.4 Å². The largest absolute Gasteiger partial charge is 0.385 e. The molecule has 0 aliphatic carbocycles. The van der Waals surface area contributed by atoms with E-state index in [2.05, 4.69) is 25.2 Å². The van der Waals surface area contributed by atoms with Crippen LogP contribution in [0.15, 0.2) is 30.5 Å². The molecule has 1 N–H and O–H groups in total. The molecule has 1 saturated heterocycles. The van der Waals surface area contributed by atoms with E-state index >= 15 is 0 Å².